The molecular weight excluding hydrogens is 227 g/mol. The number of aryl methyl sites for hydroxylation is 1. The maximum absolute atomic E-state index is 14.8. The maximum atomic E-state index is 14.8. The van der Waals surface area contributed by atoms with E-state index >= 15 is 0 Å². The van der Waals surface area contributed by atoms with E-state index in [9.17, 15) is 4.39 Å². The van der Waals surface area contributed by atoms with Crippen molar-refractivity contribution in [1.82, 2.24) is 10.3 Å². The summed E-state index contributed by atoms with van der Waals surface area (Å²) < 4.78 is 14.8. The molecule has 0 amide bonds. The molecule has 1 aliphatic rings. The minimum Gasteiger partial charge on any atom is -0.316 e. The van der Waals surface area contributed by atoms with Gasteiger partial charge in [0.1, 0.15) is 5.67 Å². The van der Waals surface area contributed by atoms with E-state index < -0.39 is 5.67 Å². The van der Waals surface area contributed by atoms with Crippen LogP contribution in [0.15, 0.2) is 18.3 Å². The largest absolute Gasteiger partial charge is 0.316 e. The van der Waals surface area contributed by atoms with E-state index in [0.29, 0.717) is 6.42 Å². The summed E-state index contributed by atoms with van der Waals surface area (Å²) in [6.45, 7) is 5.64. The SMILES string of the molecule is CCc1ccc(CC(C)(F)C2CCCNC2)nc1. The third-order valence-electron chi connectivity index (χ3n) is 3.97. The Hall–Kier alpha value is -0.960. The standard InChI is InChI=1S/C15H23FN2/c1-3-12-6-7-14(18-10-12)9-15(2,16)13-5-4-8-17-11-13/h6-7,10,13,17H,3-5,8-9,11H2,1-2H3. The second kappa shape index (κ2) is 5.79. The number of halogens is 1. The van der Waals surface area contributed by atoms with Crippen molar-refractivity contribution in [2.24, 2.45) is 5.92 Å². The zero-order chi connectivity index (χ0) is 13.0. The second-order valence-corrected chi connectivity index (χ2v) is 5.51. The molecule has 0 saturated carbocycles. The summed E-state index contributed by atoms with van der Waals surface area (Å²) in [5.41, 5.74) is 0.912. The van der Waals surface area contributed by atoms with Gasteiger partial charge in [0.05, 0.1) is 0 Å². The zero-order valence-electron chi connectivity index (χ0n) is 11.4. The summed E-state index contributed by atoms with van der Waals surface area (Å²) in [5, 5.41) is 3.28. The molecule has 3 heteroatoms. The molecule has 0 spiro atoms. The first-order valence-electron chi connectivity index (χ1n) is 6.95. The van der Waals surface area contributed by atoms with Crippen LogP contribution in [0.3, 0.4) is 0 Å². The van der Waals surface area contributed by atoms with Gasteiger partial charge in [-0.15, -0.1) is 0 Å². The summed E-state index contributed by atoms with van der Waals surface area (Å²) >= 11 is 0. The molecular formula is C15H23FN2. The number of hydrogen-bond acceptors (Lipinski definition) is 2. The molecule has 0 aliphatic carbocycles. The molecule has 2 unspecified atom stereocenters. The molecule has 1 aromatic heterocycles. The lowest BCUT2D eigenvalue weighted by atomic mass is 9.82. The average Bonchev–Trinajstić information content (AvgIpc) is 2.40. The van der Waals surface area contributed by atoms with Crippen molar-refractivity contribution in [2.75, 3.05) is 13.1 Å². The number of hydrogen-bond donors (Lipinski definition) is 1. The minimum absolute atomic E-state index is 0.110. The third-order valence-corrected chi connectivity index (χ3v) is 3.97. The normalized spacial score (nSPS) is 23.6. The van der Waals surface area contributed by atoms with Crippen LogP contribution < -0.4 is 5.32 Å². The lowest BCUT2D eigenvalue weighted by Gasteiger charge is -2.33. The van der Waals surface area contributed by atoms with E-state index in [1.165, 1.54) is 5.56 Å². The van der Waals surface area contributed by atoms with Crippen molar-refractivity contribution < 1.29 is 4.39 Å². The molecule has 1 N–H and O–H groups in total. The van der Waals surface area contributed by atoms with Gasteiger partial charge in [-0.1, -0.05) is 13.0 Å². The Morgan fingerprint density at radius 2 is 2.33 bits per heavy atom. The quantitative estimate of drug-likeness (QED) is 0.888. The van der Waals surface area contributed by atoms with Crippen LogP contribution in [-0.2, 0) is 12.8 Å². The summed E-state index contributed by atoms with van der Waals surface area (Å²) in [6, 6.07) is 4.02. The van der Waals surface area contributed by atoms with E-state index in [1.54, 1.807) is 6.92 Å². The predicted octanol–water partition coefficient (Wildman–Crippen LogP) is 2.91. The highest BCUT2D eigenvalue weighted by molar-refractivity contribution is 5.15. The number of aromatic nitrogens is 1. The van der Waals surface area contributed by atoms with E-state index in [4.69, 9.17) is 0 Å². The topological polar surface area (TPSA) is 24.9 Å². The molecule has 1 aromatic rings. The van der Waals surface area contributed by atoms with Crippen LogP contribution in [0, 0.1) is 5.92 Å². The van der Waals surface area contributed by atoms with Crippen LogP contribution in [0.1, 0.15) is 37.9 Å². The van der Waals surface area contributed by atoms with Crippen molar-refractivity contribution in [1.29, 1.82) is 0 Å². The molecule has 1 saturated heterocycles. The Morgan fingerprint density at radius 3 is 2.89 bits per heavy atom. The highest BCUT2D eigenvalue weighted by atomic mass is 19.1. The van der Waals surface area contributed by atoms with Gasteiger partial charge >= 0.3 is 0 Å². The fourth-order valence-corrected chi connectivity index (χ4v) is 2.63. The number of alkyl halides is 1. The number of nitrogens with one attached hydrogen (secondary N) is 1. The van der Waals surface area contributed by atoms with Crippen molar-refractivity contribution in [3.63, 3.8) is 0 Å². The van der Waals surface area contributed by atoms with Gasteiger partial charge in [0.15, 0.2) is 0 Å². The minimum atomic E-state index is -1.16. The first kappa shape index (κ1) is 13.5. The van der Waals surface area contributed by atoms with Crippen molar-refractivity contribution >= 4 is 0 Å². The van der Waals surface area contributed by atoms with E-state index in [-0.39, 0.29) is 5.92 Å². The second-order valence-electron chi connectivity index (χ2n) is 5.51. The van der Waals surface area contributed by atoms with Crippen LogP contribution >= 0.6 is 0 Å². The third kappa shape index (κ3) is 3.29. The number of piperidine rings is 1. The Labute approximate surface area is 109 Å². The van der Waals surface area contributed by atoms with Gasteiger partial charge in [0.2, 0.25) is 0 Å². The molecule has 2 heterocycles. The van der Waals surface area contributed by atoms with Crippen LogP contribution in [0.25, 0.3) is 0 Å². The van der Waals surface area contributed by atoms with Crippen LogP contribution in [0.2, 0.25) is 0 Å². The molecule has 0 radical (unpaired) electrons. The molecule has 1 aliphatic heterocycles. The molecule has 0 aromatic carbocycles. The Bertz CT molecular complexity index is 367. The van der Waals surface area contributed by atoms with E-state index in [0.717, 1.165) is 38.0 Å². The Morgan fingerprint density at radius 1 is 1.50 bits per heavy atom. The number of pyridine rings is 1. The predicted molar refractivity (Wildman–Crippen MR) is 72.4 cm³/mol. The summed E-state index contributed by atoms with van der Waals surface area (Å²) in [4.78, 5) is 4.37. The van der Waals surface area contributed by atoms with Gasteiger partial charge in [0, 0.05) is 30.8 Å². The van der Waals surface area contributed by atoms with Gasteiger partial charge in [-0.25, -0.2) is 4.39 Å². The first-order valence-corrected chi connectivity index (χ1v) is 6.95. The molecule has 2 atom stereocenters. The zero-order valence-corrected chi connectivity index (χ0v) is 11.4. The monoisotopic (exact) mass is 250 g/mol. The smallest absolute Gasteiger partial charge is 0.117 e. The van der Waals surface area contributed by atoms with Crippen LogP contribution in [-0.4, -0.2) is 23.7 Å². The fourth-order valence-electron chi connectivity index (χ4n) is 2.63. The number of nitrogens with zero attached hydrogens (tertiary/aromatic N) is 1. The summed E-state index contributed by atoms with van der Waals surface area (Å²) in [5.74, 6) is 0.110. The number of rotatable bonds is 4. The Kier molecular flexibility index (Phi) is 4.33. The molecule has 2 nitrogen and oxygen atoms in total. The average molecular weight is 250 g/mol. The Balaban J connectivity index is 2.01. The van der Waals surface area contributed by atoms with Gasteiger partial charge in [0.25, 0.3) is 0 Å². The molecule has 0 bridgehead atoms. The van der Waals surface area contributed by atoms with Gasteiger partial charge in [-0.05, 0) is 44.4 Å². The highest BCUT2D eigenvalue weighted by Gasteiger charge is 2.35. The van der Waals surface area contributed by atoms with E-state index in [2.05, 4.69) is 23.3 Å². The maximum Gasteiger partial charge on any atom is 0.117 e. The molecule has 2 rings (SSSR count). The lowest BCUT2D eigenvalue weighted by molar-refractivity contribution is 0.0823. The van der Waals surface area contributed by atoms with E-state index in [1.807, 2.05) is 12.3 Å². The van der Waals surface area contributed by atoms with Crippen molar-refractivity contribution in [2.45, 2.75) is 45.2 Å². The first-order chi connectivity index (χ1) is 8.62. The summed E-state index contributed by atoms with van der Waals surface area (Å²) in [7, 11) is 0. The molecule has 100 valence electrons. The molecule has 18 heavy (non-hydrogen) atoms. The fraction of sp³-hybridized carbons (Fsp3) is 0.667. The lowest BCUT2D eigenvalue weighted by Crippen LogP contribution is -2.42. The van der Waals surface area contributed by atoms with Gasteiger partial charge in [-0.3, -0.25) is 4.98 Å². The van der Waals surface area contributed by atoms with Crippen molar-refractivity contribution in [3.8, 4) is 0 Å². The van der Waals surface area contributed by atoms with Gasteiger partial charge < -0.3 is 5.32 Å². The van der Waals surface area contributed by atoms with Crippen LogP contribution in [0.4, 0.5) is 4.39 Å². The summed E-state index contributed by atoms with van der Waals surface area (Å²) in [6.07, 6.45) is 5.32. The molecule has 1 fully saturated rings. The van der Waals surface area contributed by atoms with Crippen LogP contribution in [0.5, 0.6) is 0 Å². The highest BCUT2D eigenvalue weighted by Crippen LogP contribution is 2.30. The van der Waals surface area contributed by atoms with Gasteiger partial charge in [-0.2, -0.15) is 0 Å². The van der Waals surface area contributed by atoms with Crippen molar-refractivity contribution in [3.05, 3.63) is 29.6 Å².